The summed E-state index contributed by atoms with van der Waals surface area (Å²) in [6.07, 6.45) is 0. The Morgan fingerprint density at radius 1 is 1.54 bits per heavy atom. The van der Waals surface area contributed by atoms with Gasteiger partial charge in [-0.1, -0.05) is 17.7 Å². The second-order valence-electron chi connectivity index (χ2n) is 3.24. The van der Waals surface area contributed by atoms with E-state index in [1.807, 2.05) is 25.1 Å². The van der Waals surface area contributed by atoms with Gasteiger partial charge in [0, 0.05) is 24.3 Å². The topological polar surface area (TPSA) is 41.5 Å². The number of nitrogens with one attached hydrogen (secondary N) is 1. The Hall–Kier alpha value is -0.995. The molecule has 0 atom stereocenters. The molecule has 1 heterocycles. The van der Waals surface area contributed by atoms with Crippen molar-refractivity contribution in [2.45, 2.75) is 6.92 Å². The zero-order valence-corrected chi connectivity index (χ0v) is 7.58. The summed E-state index contributed by atoms with van der Waals surface area (Å²) in [5, 5.41) is 12.8. The second-order valence-corrected chi connectivity index (χ2v) is 3.24. The minimum atomic E-state index is -0.787. The second kappa shape index (κ2) is 3.40. The maximum absolute atomic E-state index is 9.60. The van der Waals surface area contributed by atoms with Crippen LogP contribution in [0.5, 0.6) is 0 Å². The molecular formula is C9H12BNO2. The van der Waals surface area contributed by atoms with E-state index in [-0.39, 0.29) is 0 Å². The first kappa shape index (κ1) is 8.60. The Kier molecular flexibility index (Phi) is 2.25. The Labute approximate surface area is 77.9 Å². The molecule has 0 radical (unpaired) electrons. The van der Waals surface area contributed by atoms with Crippen molar-refractivity contribution in [2.75, 3.05) is 18.5 Å². The number of hydrogen-bond donors (Lipinski definition) is 2. The van der Waals surface area contributed by atoms with E-state index in [2.05, 4.69) is 5.32 Å². The molecule has 2 rings (SSSR count). The molecule has 1 aliphatic heterocycles. The molecule has 2 N–H and O–H groups in total. The summed E-state index contributed by atoms with van der Waals surface area (Å²) in [5.41, 5.74) is 2.93. The largest absolute Gasteiger partial charge is 0.493 e. The fourth-order valence-electron chi connectivity index (χ4n) is 1.49. The molecule has 0 fully saturated rings. The van der Waals surface area contributed by atoms with Crippen molar-refractivity contribution in [1.29, 1.82) is 0 Å². The van der Waals surface area contributed by atoms with E-state index in [0.717, 1.165) is 23.3 Å². The summed E-state index contributed by atoms with van der Waals surface area (Å²) < 4.78 is 5.18. The van der Waals surface area contributed by atoms with Crippen LogP contribution in [0.1, 0.15) is 5.56 Å². The van der Waals surface area contributed by atoms with Crippen molar-refractivity contribution in [2.24, 2.45) is 0 Å². The van der Waals surface area contributed by atoms with Crippen LogP contribution in [0.15, 0.2) is 18.2 Å². The lowest BCUT2D eigenvalue weighted by Gasteiger charge is -2.08. The lowest BCUT2D eigenvalue weighted by molar-refractivity contribution is 0.284. The molecule has 0 amide bonds. The van der Waals surface area contributed by atoms with E-state index in [1.165, 1.54) is 0 Å². The number of hydrogen-bond acceptors (Lipinski definition) is 3. The molecule has 1 aromatic carbocycles. The van der Waals surface area contributed by atoms with E-state index >= 15 is 0 Å². The van der Waals surface area contributed by atoms with Gasteiger partial charge in [0.05, 0.1) is 0 Å². The third-order valence-corrected chi connectivity index (χ3v) is 2.17. The standard InChI is InChI=1S/C9H12BNO2/c1-7-2-3-9-8(6-7)10(12)13-5-4-11-9/h2-3,6,11-12H,4-5H2,1H3. The van der Waals surface area contributed by atoms with Crippen LogP contribution < -0.4 is 10.8 Å². The van der Waals surface area contributed by atoms with Gasteiger partial charge in [-0.05, 0) is 13.0 Å². The Bertz CT molecular complexity index is 316. The van der Waals surface area contributed by atoms with Gasteiger partial charge in [-0.3, -0.25) is 0 Å². The Morgan fingerprint density at radius 2 is 2.38 bits per heavy atom. The number of aryl methyl sites for hydroxylation is 1. The average Bonchev–Trinajstić information content (AvgIpc) is 2.29. The maximum atomic E-state index is 9.60. The van der Waals surface area contributed by atoms with Crippen molar-refractivity contribution in [1.82, 2.24) is 0 Å². The fraction of sp³-hybridized carbons (Fsp3) is 0.333. The van der Waals surface area contributed by atoms with E-state index in [4.69, 9.17) is 4.65 Å². The molecule has 0 aliphatic carbocycles. The molecule has 68 valence electrons. The van der Waals surface area contributed by atoms with Crippen LogP contribution in [-0.2, 0) is 4.65 Å². The smallest absolute Gasteiger partial charge is 0.423 e. The van der Waals surface area contributed by atoms with E-state index in [9.17, 15) is 5.02 Å². The minimum absolute atomic E-state index is 0.537. The van der Waals surface area contributed by atoms with Crippen molar-refractivity contribution >= 4 is 18.3 Å². The lowest BCUT2D eigenvalue weighted by atomic mass is 9.78. The number of fused-ring (bicyclic) bond motifs is 1. The quantitative estimate of drug-likeness (QED) is 0.553. The summed E-state index contributed by atoms with van der Waals surface area (Å²) in [6.45, 7) is 3.28. The molecule has 13 heavy (non-hydrogen) atoms. The van der Waals surface area contributed by atoms with E-state index in [0.29, 0.717) is 6.61 Å². The molecule has 0 saturated carbocycles. The number of benzene rings is 1. The van der Waals surface area contributed by atoms with Gasteiger partial charge in [0.2, 0.25) is 0 Å². The first-order valence-corrected chi connectivity index (χ1v) is 4.41. The van der Waals surface area contributed by atoms with Gasteiger partial charge < -0.3 is 15.0 Å². The van der Waals surface area contributed by atoms with E-state index < -0.39 is 7.12 Å². The zero-order chi connectivity index (χ0) is 9.26. The first-order chi connectivity index (χ1) is 6.27. The van der Waals surface area contributed by atoms with Gasteiger partial charge in [-0.2, -0.15) is 0 Å². The minimum Gasteiger partial charge on any atom is -0.423 e. The highest BCUT2D eigenvalue weighted by Crippen LogP contribution is 2.09. The SMILES string of the molecule is Cc1ccc2c(c1)B(O)OCCN2. The third kappa shape index (κ3) is 1.69. The van der Waals surface area contributed by atoms with Gasteiger partial charge in [0.25, 0.3) is 0 Å². The highest BCUT2D eigenvalue weighted by Gasteiger charge is 2.22. The molecule has 0 aromatic heterocycles. The zero-order valence-electron chi connectivity index (χ0n) is 7.58. The predicted octanol–water partition coefficient (Wildman–Crippen LogP) is 0.125. The summed E-state index contributed by atoms with van der Waals surface area (Å²) in [6, 6.07) is 5.94. The molecular weight excluding hydrogens is 165 g/mol. The van der Waals surface area contributed by atoms with Crippen LogP contribution in [-0.4, -0.2) is 25.3 Å². The van der Waals surface area contributed by atoms with Gasteiger partial charge in [-0.25, -0.2) is 0 Å². The summed E-state index contributed by atoms with van der Waals surface area (Å²) in [5.74, 6) is 0. The third-order valence-electron chi connectivity index (χ3n) is 2.17. The Morgan fingerprint density at radius 3 is 3.23 bits per heavy atom. The van der Waals surface area contributed by atoms with Gasteiger partial charge in [0.1, 0.15) is 0 Å². The molecule has 0 bridgehead atoms. The number of anilines is 1. The highest BCUT2D eigenvalue weighted by molar-refractivity contribution is 6.62. The molecule has 1 aromatic rings. The number of rotatable bonds is 0. The first-order valence-electron chi connectivity index (χ1n) is 4.41. The molecule has 0 unspecified atom stereocenters. The summed E-state index contributed by atoms with van der Waals surface area (Å²) >= 11 is 0. The van der Waals surface area contributed by atoms with Crippen LogP contribution in [0, 0.1) is 6.92 Å². The predicted molar refractivity (Wildman–Crippen MR) is 53.2 cm³/mol. The lowest BCUT2D eigenvalue weighted by Crippen LogP contribution is -2.33. The van der Waals surface area contributed by atoms with Crippen molar-refractivity contribution < 1.29 is 9.68 Å². The monoisotopic (exact) mass is 177 g/mol. The highest BCUT2D eigenvalue weighted by atomic mass is 16.5. The van der Waals surface area contributed by atoms with Crippen LogP contribution in [0.3, 0.4) is 0 Å². The van der Waals surface area contributed by atoms with Crippen LogP contribution in [0.2, 0.25) is 0 Å². The molecule has 3 nitrogen and oxygen atoms in total. The van der Waals surface area contributed by atoms with Gasteiger partial charge >= 0.3 is 7.12 Å². The van der Waals surface area contributed by atoms with Crippen molar-refractivity contribution in [3.05, 3.63) is 23.8 Å². The Balaban J connectivity index is 2.43. The molecule has 1 aliphatic rings. The van der Waals surface area contributed by atoms with Gasteiger partial charge in [-0.15, -0.1) is 0 Å². The normalized spacial score (nSPS) is 16.0. The fourth-order valence-corrected chi connectivity index (χ4v) is 1.49. The molecule has 0 saturated heterocycles. The molecule has 0 spiro atoms. The average molecular weight is 177 g/mol. The van der Waals surface area contributed by atoms with Crippen LogP contribution in [0.4, 0.5) is 5.69 Å². The molecule has 4 heteroatoms. The van der Waals surface area contributed by atoms with Crippen LogP contribution >= 0.6 is 0 Å². The summed E-state index contributed by atoms with van der Waals surface area (Å²) in [4.78, 5) is 0. The maximum Gasteiger partial charge on any atom is 0.493 e. The van der Waals surface area contributed by atoms with Crippen molar-refractivity contribution in [3.63, 3.8) is 0 Å². The van der Waals surface area contributed by atoms with Gasteiger partial charge in [0.15, 0.2) is 0 Å². The van der Waals surface area contributed by atoms with E-state index in [1.54, 1.807) is 0 Å². The summed E-state index contributed by atoms with van der Waals surface area (Å²) in [7, 11) is -0.787. The van der Waals surface area contributed by atoms with Crippen molar-refractivity contribution in [3.8, 4) is 0 Å². The van der Waals surface area contributed by atoms with Crippen LogP contribution in [0.25, 0.3) is 0 Å².